The minimum absolute atomic E-state index is 0. The molecule has 1 aliphatic carbocycles. The van der Waals surface area contributed by atoms with Gasteiger partial charge >= 0.3 is 18.9 Å². The average Bonchev–Trinajstić information content (AvgIpc) is 2.59. The second-order valence-corrected chi connectivity index (χ2v) is 5.63. The van der Waals surface area contributed by atoms with Crippen molar-refractivity contribution < 1.29 is 28.4 Å². The summed E-state index contributed by atoms with van der Waals surface area (Å²) in [7, 11) is 0. The molecule has 2 nitrogen and oxygen atoms in total. The molecule has 0 aliphatic heterocycles. The minimum Gasteiger partial charge on any atom is -0.343 e. The zero-order chi connectivity index (χ0) is 16.1. The third-order valence-corrected chi connectivity index (χ3v) is 4.14. The molecule has 4 heteroatoms. The van der Waals surface area contributed by atoms with Crippen molar-refractivity contribution in [3.8, 4) is 0 Å². The molecule has 0 bridgehead atoms. The van der Waals surface area contributed by atoms with E-state index in [9.17, 15) is 9.59 Å². The summed E-state index contributed by atoms with van der Waals surface area (Å²) in [6, 6.07) is 12.4. The van der Waals surface area contributed by atoms with Gasteiger partial charge < -0.3 is 6.92 Å². The predicted octanol–water partition coefficient (Wildman–Crippen LogP) is 1.98. The second kappa shape index (κ2) is 9.23. The van der Waals surface area contributed by atoms with Crippen LogP contribution in [0.3, 0.4) is 0 Å². The molecule has 23 heavy (non-hydrogen) atoms. The Balaban J connectivity index is 0.000000478. The first kappa shape index (κ1) is 19.9. The summed E-state index contributed by atoms with van der Waals surface area (Å²) in [5.41, 5.74) is 3.01. The van der Waals surface area contributed by atoms with Gasteiger partial charge in [0.15, 0.2) is 11.6 Å². The molecule has 2 aromatic rings. The molecule has 114 valence electrons. The molecule has 0 aromatic heterocycles. The molecule has 0 atom stereocenters. The van der Waals surface area contributed by atoms with E-state index >= 15 is 0 Å². The van der Waals surface area contributed by atoms with E-state index < -0.39 is 0 Å². The Labute approximate surface area is 158 Å². The van der Waals surface area contributed by atoms with Crippen LogP contribution in [-0.4, -0.2) is 11.6 Å². The van der Waals surface area contributed by atoms with Gasteiger partial charge in [0.25, 0.3) is 0 Å². The van der Waals surface area contributed by atoms with Crippen LogP contribution in [0.5, 0.6) is 0 Å². The summed E-state index contributed by atoms with van der Waals surface area (Å²) in [5.74, 6) is -0.135. The van der Waals surface area contributed by atoms with Gasteiger partial charge in [0, 0.05) is 27.6 Å². The Morgan fingerprint density at radius 3 is 1.87 bits per heavy atom. The third-order valence-electron chi connectivity index (χ3n) is 3.50. The van der Waals surface area contributed by atoms with Crippen LogP contribution in [0.2, 0.25) is 0 Å². The van der Waals surface area contributed by atoms with E-state index in [1.165, 1.54) is 6.42 Å². The Morgan fingerprint density at radius 2 is 1.39 bits per heavy atom. The number of fused-ring (bicyclic) bond motifs is 2. The van der Waals surface area contributed by atoms with Crippen molar-refractivity contribution in [3.05, 3.63) is 77.2 Å². The van der Waals surface area contributed by atoms with Crippen molar-refractivity contribution in [2.24, 2.45) is 0 Å². The number of hydrogen-bond donors (Lipinski definition) is 0. The first-order valence-electron chi connectivity index (χ1n) is 7.30. The second-order valence-electron chi connectivity index (χ2n) is 5.07. The number of halogens is 1. The average molecular weight is 365 g/mol. The molecular weight excluding hydrogens is 347 g/mol. The Bertz CT molecular complexity index is 708. The number of carbonyl (C=O) groups is 2. The number of hydrogen-bond acceptors (Lipinski definition) is 2. The van der Waals surface area contributed by atoms with Crippen LogP contribution >= 0.6 is 15.9 Å². The Hall–Kier alpha value is -1.14. The topological polar surface area (TPSA) is 34.1 Å². The zero-order valence-electron chi connectivity index (χ0n) is 13.6. The molecule has 0 saturated heterocycles. The summed E-state index contributed by atoms with van der Waals surface area (Å²) in [6.45, 7) is 5.72. The molecular formula is C19H18BrLiO2. The van der Waals surface area contributed by atoms with Gasteiger partial charge in [-0.1, -0.05) is 59.6 Å². The maximum atomic E-state index is 12.4. The number of alkyl halides is 1. The van der Waals surface area contributed by atoms with Gasteiger partial charge in [-0.2, -0.15) is 6.42 Å². The van der Waals surface area contributed by atoms with Crippen LogP contribution in [0.1, 0.15) is 57.2 Å². The van der Waals surface area contributed by atoms with E-state index in [4.69, 9.17) is 0 Å². The van der Waals surface area contributed by atoms with Crippen LogP contribution in [0.25, 0.3) is 0 Å². The third kappa shape index (κ3) is 4.23. The summed E-state index contributed by atoms with van der Waals surface area (Å²) in [4.78, 5) is 24.6. The van der Waals surface area contributed by atoms with Crippen molar-refractivity contribution in [1.29, 1.82) is 0 Å². The van der Waals surface area contributed by atoms with Gasteiger partial charge in [0.1, 0.15) is 0 Å². The molecule has 0 saturated carbocycles. The summed E-state index contributed by atoms with van der Waals surface area (Å²) in [6.07, 6.45) is 2.28. The van der Waals surface area contributed by atoms with Crippen LogP contribution < -0.4 is 18.9 Å². The molecule has 0 N–H and O–H groups in total. The molecule has 0 spiro atoms. The molecule has 0 radical (unpaired) electrons. The van der Waals surface area contributed by atoms with E-state index in [0.29, 0.717) is 27.6 Å². The van der Waals surface area contributed by atoms with Crippen molar-refractivity contribution in [3.63, 3.8) is 0 Å². The first-order valence-corrected chi connectivity index (χ1v) is 8.42. The molecule has 2 aromatic carbocycles. The van der Waals surface area contributed by atoms with Crippen LogP contribution in [0.4, 0.5) is 0 Å². The van der Waals surface area contributed by atoms with Crippen LogP contribution in [0, 0.1) is 6.92 Å². The van der Waals surface area contributed by atoms with E-state index in [-0.39, 0.29) is 30.4 Å². The SMILES string of the molecule is O=C1c2ccccc2C(=O)c2cc(CBr)ccc21.[CH2-]CCC.[Li+]. The van der Waals surface area contributed by atoms with Gasteiger partial charge in [-0.15, -0.1) is 0 Å². The molecule has 0 heterocycles. The van der Waals surface area contributed by atoms with E-state index in [2.05, 4.69) is 29.8 Å². The fourth-order valence-corrected chi connectivity index (χ4v) is 2.58. The van der Waals surface area contributed by atoms with Crippen molar-refractivity contribution >= 4 is 27.5 Å². The van der Waals surface area contributed by atoms with Crippen LogP contribution in [0.15, 0.2) is 42.5 Å². The van der Waals surface area contributed by atoms with Gasteiger partial charge in [0.05, 0.1) is 0 Å². The van der Waals surface area contributed by atoms with Crippen molar-refractivity contribution in [2.75, 3.05) is 0 Å². The summed E-state index contributed by atoms with van der Waals surface area (Å²) >= 11 is 3.36. The van der Waals surface area contributed by atoms with Gasteiger partial charge in [-0.3, -0.25) is 9.59 Å². The largest absolute Gasteiger partial charge is 1.00 e. The quantitative estimate of drug-likeness (QED) is 0.396. The standard InChI is InChI=1S/C15H9BrO2.C4H9.Li/c16-8-9-5-6-12-13(7-9)15(18)11-4-2-1-3-10(11)14(12)17;1-3-4-2;/h1-7H,8H2;1,3-4H2,2H3;/q;-1;+1. The molecule has 3 rings (SSSR count). The van der Waals surface area contributed by atoms with E-state index in [1.807, 2.05) is 6.07 Å². The number of benzene rings is 2. The monoisotopic (exact) mass is 364 g/mol. The molecule has 0 amide bonds. The number of carbonyl (C=O) groups excluding carboxylic acids is 2. The first-order chi connectivity index (χ1) is 10.6. The molecule has 0 unspecified atom stereocenters. The fraction of sp³-hybridized carbons (Fsp3) is 0.211. The predicted molar refractivity (Wildman–Crippen MR) is 92.6 cm³/mol. The smallest absolute Gasteiger partial charge is 0.343 e. The normalized spacial score (nSPS) is 11.6. The van der Waals surface area contributed by atoms with E-state index in [0.717, 1.165) is 12.0 Å². The molecule has 0 fully saturated rings. The van der Waals surface area contributed by atoms with Gasteiger partial charge in [-0.25, -0.2) is 0 Å². The zero-order valence-corrected chi connectivity index (χ0v) is 15.2. The maximum Gasteiger partial charge on any atom is 1.00 e. The van der Waals surface area contributed by atoms with Crippen LogP contribution in [-0.2, 0) is 5.33 Å². The summed E-state index contributed by atoms with van der Waals surface area (Å²) in [5, 5.41) is 0.670. The Kier molecular flexibility index (Phi) is 7.98. The fourth-order valence-electron chi connectivity index (χ4n) is 2.23. The van der Waals surface area contributed by atoms with Gasteiger partial charge in [0.2, 0.25) is 0 Å². The van der Waals surface area contributed by atoms with Gasteiger partial charge in [-0.05, 0) is 17.7 Å². The maximum absolute atomic E-state index is 12.4. The van der Waals surface area contributed by atoms with Crippen molar-refractivity contribution in [2.45, 2.75) is 25.1 Å². The van der Waals surface area contributed by atoms with Crippen molar-refractivity contribution in [1.82, 2.24) is 0 Å². The number of rotatable bonds is 2. The molecule has 1 aliphatic rings. The number of unbranched alkanes of at least 4 members (excludes halogenated alkanes) is 1. The minimum atomic E-state index is -0.0682. The number of ketones is 2. The Morgan fingerprint density at radius 1 is 0.913 bits per heavy atom. The summed E-state index contributed by atoms with van der Waals surface area (Å²) < 4.78 is 0. The van der Waals surface area contributed by atoms with E-state index in [1.54, 1.807) is 36.4 Å².